The fourth-order valence-corrected chi connectivity index (χ4v) is 1.86. The van der Waals surface area contributed by atoms with Crippen LogP contribution in [0, 0.1) is 0 Å². The average molecular weight is 333 g/mol. The number of benzene rings is 2. The van der Waals surface area contributed by atoms with Crippen LogP contribution >= 0.6 is 11.6 Å². The van der Waals surface area contributed by atoms with Gasteiger partial charge in [0.15, 0.2) is 5.78 Å². The number of alkyl halides is 4. The van der Waals surface area contributed by atoms with Gasteiger partial charge in [0, 0.05) is 16.1 Å². The Balaban J connectivity index is 2.14. The predicted octanol–water partition coefficient (Wildman–Crippen LogP) is 4.81. The van der Waals surface area contributed by atoms with E-state index in [1.165, 1.54) is 18.2 Å². The van der Waals surface area contributed by atoms with Gasteiger partial charge in [-0.2, -0.15) is 17.6 Å². The lowest BCUT2D eigenvalue weighted by atomic mass is 10.0. The summed E-state index contributed by atoms with van der Waals surface area (Å²) in [6.07, 6.45) is -8.52. The highest BCUT2D eigenvalue weighted by atomic mass is 35.5. The van der Waals surface area contributed by atoms with Crippen LogP contribution in [-0.4, -0.2) is 18.3 Å². The first-order valence-corrected chi connectivity index (χ1v) is 6.43. The lowest BCUT2D eigenvalue weighted by Gasteiger charge is -2.14. The normalized spacial score (nSPS) is 12.8. The SMILES string of the molecule is O=C(c1ccc(OC(F)C(F)(F)F)cc1)c1cccc(Cl)c1. The van der Waals surface area contributed by atoms with Gasteiger partial charge < -0.3 is 4.74 Å². The van der Waals surface area contributed by atoms with Gasteiger partial charge >= 0.3 is 12.5 Å². The number of rotatable bonds is 4. The molecule has 0 radical (unpaired) electrons. The van der Waals surface area contributed by atoms with Gasteiger partial charge in [0.05, 0.1) is 0 Å². The van der Waals surface area contributed by atoms with Gasteiger partial charge in [-0.15, -0.1) is 0 Å². The lowest BCUT2D eigenvalue weighted by Crippen LogP contribution is -2.29. The Morgan fingerprint density at radius 3 is 2.23 bits per heavy atom. The van der Waals surface area contributed by atoms with E-state index in [1.807, 2.05) is 0 Å². The van der Waals surface area contributed by atoms with E-state index in [0.717, 1.165) is 12.1 Å². The van der Waals surface area contributed by atoms with Gasteiger partial charge in [-0.05, 0) is 36.4 Å². The Kier molecular flexibility index (Phi) is 4.71. The number of ether oxygens (including phenoxy) is 1. The van der Waals surface area contributed by atoms with E-state index in [2.05, 4.69) is 4.74 Å². The standard InChI is InChI=1S/C15H9ClF4O2/c16-11-3-1-2-10(8-11)13(21)9-4-6-12(7-5-9)22-14(17)15(18,19)20/h1-8,14H. The highest BCUT2D eigenvalue weighted by molar-refractivity contribution is 6.31. The molecule has 22 heavy (non-hydrogen) atoms. The van der Waals surface area contributed by atoms with E-state index in [9.17, 15) is 22.4 Å². The summed E-state index contributed by atoms with van der Waals surface area (Å²) < 4.78 is 53.0. The molecule has 2 aromatic rings. The Hall–Kier alpha value is -2.08. The smallest absolute Gasteiger partial charge is 0.452 e. The first-order chi connectivity index (χ1) is 10.3. The molecule has 2 nitrogen and oxygen atoms in total. The van der Waals surface area contributed by atoms with Gasteiger partial charge in [-0.1, -0.05) is 23.7 Å². The topological polar surface area (TPSA) is 26.3 Å². The van der Waals surface area contributed by atoms with Gasteiger partial charge in [0.1, 0.15) is 5.75 Å². The van der Waals surface area contributed by atoms with E-state index in [-0.39, 0.29) is 17.1 Å². The maximum Gasteiger partial charge on any atom is 0.457 e. The van der Waals surface area contributed by atoms with E-state index in [4.69, 9.17) is 11.6 Å². The minimum Gasteiger partial charge on any atom is -0.452 e. The summed E-state index contributed by atoms with van der Waals surface area (Å²) >= 11 is 5.78. The second-order valence-electron chi connectivity index (χ2n) is 4.34. The summed E-state index contributed by atoms with van der Waals surface area (Å²) in [6.45, 7) is 0. The summed E-state index contributed by atoms with van der Waals surface area (Å²) in [5.74, 6) is -0.686. The molecule has 0 bridgehead atoms. The molecule has 2 aromatic carbocycles. The van der Waals surface area contributed by atoms with Gasteiger partial charge in [0.25, 0.3) is 0 Å². The van der Waals surface area contributed by atoms with Crippen molar-refractivity contribution in [2.24, 2.45) is 0 Å². The molecule has 0 N–H and O–H groups in total. The Bertz CT molecular complexity index is 668. The van der Waals surface area contributed by atoms with E-state index in [1.54, 1.807) is 18.2 Å². The molecular weight excluding hydrogens is 324 g/mol. The number of carbonyl (C=O) groups is 1. The highest BCUT2D eigenvalue weighted by Gasteiger charge is 2.42. The summed E-state index contributed by atoms with van der Waals surface area (Å²) in [6, 6.07) is 10.9. The molecular formula is C15H9ClF4O2. The third-order valence-corrected chi connectivity index (χ3v) is 2.94. The molecule has 0 saturated heterocycles. The first-order valence-electron chi connectivity index (χ1n) is 6.05. The summed E-state index contributed by atoms with van der Waals surface area (Å²) in [7, 11) is 0. The van der Waals surface area contributed by atoms with Crippen molar-refractivity contribution in [2.45, 2.75) is 12.5 Å². The molecule has 2 rings (SSSR count). The van der Waals surface area contributed by atoms with Crippen molar-refractivity contribution >= 4 is 17.4 Å². The Morgan fingerprint density at radius 2 is 1.68 bits per heavy atom. The number of hydrogen-bond acceptors (Lipinski definition) is 2. The van der Waals surface area contributed by atoms with Crippen LogP contribution in [0.3, 0.4) is 0 Å². The van der Waals surface area contributed by atoms with Gasteiger partial charge in [-0.3, -0.25) is 4.79 Å². The first kappa shape index (κ1) is 16.3. The largest absolute Gasteiger partial charge is 0.457 e. The van der Waals surface area contributed by atoms with Crippen LogP contribution in [0.5, 0.6) is 5.75 Å². The van der Waals surface area contributed by atoms with Crippen LogP contribution in [-0.2, 0) is 0 Å². The van der Waals surface area contributed by atoms with E-state index >= 15 is 0 Å². The number of hydrogen-bond donors (Lipinski definition) is 0. The molecule has 0 fully saturated rings. The molecule has 0 saturated carbocycles. The third-order valence-electron chi connectivity index (χ3n) is 2.70. The Labute approximate surface area is 128 Å². The number of halogens is 5. The maximum absolute atomic E-state index is 12.7. The molecule has 0 spiro atoms. The predicted molar refractivity (Wildman–Crippen MR) is 72.9 cm³/mol. The van der Waals surface area contributed by atoms with Crippen LogP contribution in [0.15, 0.2) is 48.5 Å². The molecule has 0 aliphatic carbocycles. The second-order valence-corrected chi connectivity index (χ2v) is 4.78. The fourth-order valence-electron chi connectivity index (χ4n) is 1.67. The van der Waals surface area contributed by atoms with Crippen molar-refractivity contribution in [1.82, 2.24) is 0 Å². The van der Waals surface area contributed by atoms with Crippen molar-refractivity contribution in [1.29, 1.82) is 0 Å². The minimum atomic E-state index is -5.10. The molecule has 0 aromatic heterocycles. The summed E-state index contributed by atoms with van der Waals surface area (Å²) in [5, 5.41) is 0.385. The Morgan fingerprint density at radius 1 is 1.05 bits per heavy atom. The summed E-state index contributed by atoms with van der Waals surface area (Å²) in [4.78, 5) is 12.1. The monoisotopic (exact) mass is 332 g/mol. The molecule has 0 heterocycles. The zero-order chi connectivity index (χ0) is 16.3. The van der Waals surface area contributed by atoms with Crippen molar-refractivity contribution in [3.05, 3.63) is 64.7 Å². The molecule has 7 heteroatoms. The second kappa shape index (κ2) is 6.36. The molecule has 0 aliphatic heterocycles. The van der Waals surface area contributed by atoms with Crippen molar-refractivity contribution in [3.8, 4) is 5.75 Å². The molecule has 116 valence electrons. The molecule has 0 amide bonds. The molecule has 1 unspecified atom stereocenters. The zero-order valence-corrected chi connectivity index (χ0v) is 11.7. The van der Waals surface area contributed by atoms with Crippen LogP contribution in [0.1, 0.15) is 15.9 Å². The van der Waals surface area contributed by atoms with Crippen LogP contribution in [0.2, 0.25) is 5.02 Å². The van der Waals surface area contributed by atoms with Gasteiger partial charge in [-0.25, -0.2) is 0 Å². The van der Waals surface area contributed by atoms with Gasteiger partial charge in [0.2, 0.25) is 0 Å². The number of ketones is 1. The van der Waals surface area contributed by atoms with Crippen LogP contribution < -0.4 is 4.74 Å². The summed E-state index contributed by atoms with van der Waals surface area (Å²) in [5.41, 5.74) is 0.553. The van der Waals surface area contributed by atoms with Crippen molar-refractivity contribution in [2.75, 3.05) is 0 Å². The van der Waals surface area contributed by atoms with E-state index < -0.39 is 12.5 Å². The van der Waals surface area contributed by atoms with Crippen LogP contribution in [0.4, 0.5) is 17.6 Å². The van der Waals surface area contributed by atoms with Crippen molar-refractivity contribution < 1.29 is 27.1 Å². The lowest BCUT2D eigenvalue weighted by molar-refractivity contribution is -0.236. The molecule has 1 atom stereocenters. The van der Waals surface area contributed by atoms with E-state index in [0.29, 0.717) is 10.6 Å². The highest BCUT2D eigenvalue weighted by Crippen LogP contribution is 2.26. The number of carbonyl (C=O) groups excluding carboxylic acids is 1. The van der Waals surface area contributed by atoms with Crippen molar-refractivity contribution in [3.63, 3.8) is 0 Å². The quantitative estimate of drug-likeness (QED) is 0.593. The minimum absolute atomic E-state index is 0.219. The zero-order valence-electron chi connectivity index (χ0n) is 10.9. The molecule has 0 aliphatic rings. The fraction of sp³-hybridized carbons (Fsp3) is 0.133. The average Bonchev–Trinajstić information content (AvgIpc) is 2.46. The third kappa shape index (κ3) is 3.98. The van der Waals surface area contributed by atoms with Crippen LogP contribution in [0.25, 0.3) is 0 Å². The maximum atomic E-state index is 12.7.